The van der Waals surface area contributed by atoms with Gasteiger partial charge in [0.15, 0.2) is 0 Å². The zero-order chi connectivity index (χ0) is 15.3. The monoisotopic (exact) mass is 279 g/mol. The van der Waals surface area contributed by atoms with E-state index < -0.39 is 5.91 Å². The molecule has 0 bridgehead atoms. The summed E-state index contributed by atoms with van der Waals surface area (Å²) in [6, 6.07) is 7.15. The zero-order valence-corrected chi connectivity index (χ0v) is 13.0. The van der Waals surface area contributed by atoms with Crippen LogP contribution < -0.4 is 10.4 Å². The Labute approximate surface area is 121 Å². The van der Waals surface area contributed by atoms with Crippen LogP contribution in [0.3, 0.4) is 0 Å². The van der Waals surface area contributed by atoms with Crippen LogP contribution in [-0.4, -0.2) is 48.7 Å². The molecule has 0 heterocycles. The normalized spacial score (nSPS) is 11.6. The predicted molar refractivity (Wildman–Crippen MR) is 81.3 cm³/mol. The second-order valence-corrected chi connectivity index (χ2v) is 6.00. The minimum absolute atomic E-state index is 0.157. The standard InChI is InChI=1S/C15H25N3O2/c1-15(2,3)18(5)11-10-17(4)13-8-6-12(7-9-13)14(19)16-20/h6-9,20H,10-11H2,1-5H3,(H,16,19). The van der Waals surface area contributed by atoms with Crippen LogP contribution in [0.25, 0.3) is 0 Å². The van der Waals surface area contributed by atoms with Gasteiger partial charge in [-0.15, -0.1) is 0 Å². The lowest BCUT2D eigenvalue weighted by molar-refractivity contribution is 0.0706. The summed E-state index contributed by atoms with van der Waals surface area (Å²) in [6.45, 7) is 8.43. The molecule has 0 radical (unpaired) electrons. The topological polar surface area (TPSA) is 55.8 Å². The highest BCUT2D eigenvalue weighted by Gasteiger charge is 2.16. The highest BCUT2D eigenvalue weighted by atomic mass is 16.5. The van der Waals surface area contributed by atoms with Crippen LogP contribution in [0, 0.1) is 0 Å². The van der Waals surface area contributed by atoms with Crippen LogP contribution in [0.4, 0.5) is 5.69 Å². The fraction of sp³-hybridized carbons (Fsp3) is 0.533. The van der Waals surface area contributed by atoms with Crippen molar-refractivity contribution in [1.29, 1.82) is 0 Å². The molecule has 0 aliphatic rings. The summed E-state index contributed by atoms with van der Waals surface area (Å²) in [6.07, 6.45) is 0. The summed E-state index contributed by atoms with van der Waals surface area (Å²) in [7, 11) is 4.14. The van der Waals surface area contributed by atoms with Gasteiger partial charge in [-0.2, -0.15) is 0 Å². The second-order valence-electron chi connectivity index (χ2n) is 6.00. The number of hydroxylamine groups is 1. The smallest absolute Gasteiger partial charge is 0.274 e. The fourth-order valence-corrected chi connectivity index (χ4v) is 1.70. The summed E-state index contributed by atoms with van der Waals surface area (Å²) in [5.41, 5.74) is 3.27. The number of amides is 1. The van der Waals surface area contributed by atoms with Gasteiger partial charge in [-0.1, -0.05) is 0 Å². The highest BCUT2D eigenvalue weighted by Crippen LogP contribution is 2.15. The summed E-state index contributed by atoms with van der Waals surface area (Å²) >= 11 is 0. The summed E-state index contributed by atoms with van der Waals surface area (Å²) in [5, 5.41) is 8.57. The van der Waals surface area contributed by atoms with Crippen LogP contribution in [0.15, 0.2) is 24.3 Å². The first-order chi connectivity index (χ1) is 9.25. The molecule has 112 valence electrons. The van der Waals surface area contributed by atoms with Gasteiger partial charge in [-0.3, -0.25) is 14.9 Å². The maximum atomic E-state index is 11.2. The van der Waals surface area contributed by atoms with Gasteiger partial charge in [0.2, 0.25) is 0 Å². The predicted octanol–water partition coefficient (Wildman–Crippen LogP) is 1.97. The lowest BCUT2D eigenvalue weighted by Gasteiger charge is -2.33. The Morgan fingerprint density at radius 2 is 1.70 bits per heavy atom. The molecular formula is C15H25N3O2. The molecule has 1 aromatic carbocycles. The fourth-order valence-electron chi connectivity index (χ4n) is 1.70. The Morgan fingerprint density at radius 1 is 1.15 bits per heavy atom. The number of likely N-dealkylation sites (N-methyl/N-ethyl adjacent to an activating group) is 2. The van der Waals surface area contributed by atoms with Crippen molar-refractivity contribution in [3.63, 3.8) is 0 Å². The Hall–Kier alpha value is -1.59. The SMILES string of the molecule is CN(CCN(C)C(C)(C)C)c1ccc(C(=O)NO)cc1. The number of nitrogens with zero attached hydrogens (tertiary/aromatic N) is 2. The first-order valence-corrected chi connectivity index (χ1v) is 6.72. The summed E-state index contributed by atoms with van der Waals surface area (Å²) in [5.74, 6) is -0.494. The third-order valence-corrected chi connectivity index (χ3v) is 3.59. The van der Waals surface area contributed by atoms with Gasteiger partial charge in [0.25, 0.3) is 5.91 Å². The Balaban J connectivity index is 2.60. The number of rotatable bonds is 5. The largest absolute Gasteiger partial charge is 0.373 e. The van der Waals surface area contributed by atoms with Gasteiger partial charge < -0.3 is 4.90 Å². The van der Waals surface area contributed by atoms with E-state index in [4.69, 9.17) is 5.21 Å². The number of benzene rings is 1. The van der Waals surface area contributed by atoms with Gasteiger partial charge in [0.05, 0.1) is 0 Å². The molecule has 0 aliphatic carbocycles. The summed E-state index contributed by atoms with van der Waals surface area (Å²) < 4.78 is 0. The van der Waals surface area contributed by atoms with Crippen molar-refractivity contribution in [2.24, 2.45) is 0 Å². The van der Waals surface area contributed by atoms with Crippen molar-refractivity contribution in [2.45, 2.75) is 26.3 Å². The number of hydrogen-bond donors (Lipinski definition) is 2. The highest BCUT2D eigenvalue weighted by molar-refractivity contribution is 5.93. The number of hydrogen-bond acceptors (Lipinski definition) is 4. The van der Waals surface area contributed by atoms with Crippen molar-refractivity contribution in [2.75, 3.05) is 32.1 Å². The minimum Gasteiger partial charge on any atom is -0.373 e. The van der Waals surface area contributed by atoms with E-state index in [9.17, 15) is 4.79 Å². The van der Waals surface area contributed by atoms with Crippen molar-refractivity contribution in [3.05, 3.63) is 29.8 Å². The van der Waals surface area contributed by atoms with E-state index in [-0.39, 0.29) is 5.54 Å². The van der Waals surface area contributed by atoms with Crippen molar-refractivity contribution >= 4 is 11.6 Å². The maximum Gasteiger partial charge on any atom is 0.274 e. The van der Waals surface area contributed by atoms with Crippen molar-refractivity contribution in [3.8, 4) is 0 Å². The van der Waals surface area contributed by atoms with E-state index in [1.807, 2.05) is 19.2 Å². The van der Waals surface area contributed by atoms with Crippen LogP contribution in [0.2, 0.25) is 0 Å². The minimum atomic E-state index is -0.494. The molecule has 0 aromatic heterocycles. The van der Waals surface area contributed by atoms with E-state index >= 15 is 0 Å². The molecule has 0 atom stereocenters. The van der Waals surface area contributed by atoms with Gasteiger partial charge in [-0.25, -0.2) is 5.48 Å². The van der Waals surface area contributed by atoms with Gasteiger partial charge >= 0.3 is 0 Å². The van der Waals surface area contributed by atoms with Crippen LogP contribution in [0.1, 0.15) is 31.1 Å². The molecule has 0 unspecified atom stereocenters. The number of anilines is 1. The third-order valence-electron chi connectivity index (χ3n) is 3.59. The molecule has 5 heteroatoms. The average Bonchev–Trinajstić information content (AvgIpc) is 2.42. The molecule has 0 aliphatic heterocycles. The molecular weight excluding hydrogens is 254 g/mol. The quantitative estimate of drug-likeness (QED) is 0.639. The van der Waals surface area contributed by atoms with E-state index in [0.717, 1.165) is 18.8 Å². The first kappa shape index (κ1) is 16.5. The first-order valence-electron chi connectivity index (χ1n) is 6.72. The Morgan fingerprint density at radius 3 is 2.15 bits per heavy atom. The average molecular weight is 279 g/mol. The molecule has 20 heavy (non-hydrogen) atoms. The zero-order valence-electron chi connectivity index (χ0n) is 13.0. The van der Waals surface area contributed by atoms with E-state index in [1.54, 1.807) is 17.6 Å². The lowest BCUT2D eigenvalue weighted by atomic mass is 10.1. The molecule has 0 saturated carbocycles. The molecule has 0 fully saturated rings. The maximum absolute atomic E-state index is 11.2. The number of carbonyl (C=O) groups excluding carboxylic acids is 1. The number of carbonyl (C=O) groups is 1. The molecule has 1 amide bonds. The molecule has 1 rings (SSSR count). The Kier molecular flexibility index (Phi) is 5.53. The molecule has 5 nitrogen and oxygen atoms in total. The third kappa shape index (κ3) is 4.51. The Bertz CT molecular complexity index is 437. The van der Waals surface area contributed by atoms with Crippen molar-refractivity contribution in [1.82, 2.24) is 10.4 Å². The molecule has 0 spiro atoms. The van der Waals surface area contributed by atoms with Crippen LogP contribution >= 0.6 is 0 Å². The number of nitrogens with one attached hydrogen (secondary N) is 1. The molecule has 2 N–H and O–H groups in total. The summed E-state index contributed by atoms with van der Waals surface area (Å²) in [4.78, 5) is 15.7. The van der Waals surface area contributed by atoms with Crippen LogP contribution in [0.5, 0.6) is 0 Å². The van der Waals surface area contributed by atoms with E-state index in [0.29, 0.717) is 5.56 Å². The molecule has 1 aromatic rings. The van der Waals surface area contributed by atoms with Gasteiger partial charge in [0.1, 0.15) is 0 Å². The van der Waals surface area contributed by atoms with Gasteiger partial charge in [-0.05, 0) is 52.1 Å². The van der Waals surface area contributed by atoms with E-state index in [1.165, 1.54) is 0 Å². The van der Waals surface area contributed by atoms with Crippen molar-refractivity contribution < 1.29 is 10.0 Å². The van der Waals surface area contributed by atoms with E-state index in [2.05, 4.69) is 37.6 Å². The van der Waals surface area contributed by atoms with Crippen LogP contribution in [-0.2, 0) is 0 Å². The molecule has 0 saturated heterocycles. The second kappa shape index (κ2) is 6.72. The lowest BCUT2D eigenvalue weighted by Crippen LogP contribution is -2.42. The van der Waals surface area contributed by atoms with Gasteiger partial charge in [0, 0.05) is 36.9 Å².